The van der Waals surface area contributed by atoms with Gasteiger partial charge < -0.3 is 10.1 Å². The number of hydrogen-bond acceptors (Lipinski definition) is 3. The van der Waals surface area contributed by atoms with Crippen molar-refractivity contribution in [2.24, 2.45) is 0 Å². The third-order valence-corrected chi connectivity index (χ3v) is 4.31. The number of para-hydroxylation sites is 1. The summed E-state index contributed by atoms with van der Waals surface area (Å²) in [6.45, 7) is 7.80. The zero-order valence-corrected chi connectivity index (χ0v) is 15.6. The Morgan fingerprint density at radius 1 is 1.12 bits per heavy atom. The SMILES string of the molecule is Cc1ccc(C(C)NC(=O)CN(C)CCOc2ccccc2)cc1C. The quantitative estimate of drug-likeness (QED) is 0.800. The predicted octanol–water partition coefficient (Wildman–Crippen LogP) is 3.49. The molecule has 1 atom stereocenters. The molecule has 0 aliphatic carbocycles. The molecule has 2 aromatic carbocycles. The maximum absolute atomic E-state index is 12.2. The van der Waals surface area contributed by atoms with Crippen molar-refractivity contribution in [2.45, 2.75) is 26.8 Å². The molecule has 2 aromatic rings. The molecule has 4 nitrogen and oxygen atoms in total. The van der Waals surface area contributed by atoms with E-state index in [0.717, 1.165) is 11.3 Å². The Labute approximate surface area is 150 Å². The summed E-state index contributed by atoms with van der Waals surface area (Å²) in [4.78, 5) is 14.2. The van der Waals surface area contributed by atoms with E-state index in [1.54, 1.807) is 0 Å². The molecule has 1 N–H and O–H groups in total. The summed E-state index contributed by atoms with van der Waals surface area (Å²) in [6, 6.07) is 16.0. The average Bonchev–Trinajstić information content (AvgIpc) is 2.58. The van der Waals surface area contributed by atoms with Crippen LogP contribution in [0.1, 0.15) is 29.7 Å². The van der Waals surface area contributed by atoms with Gasteiger partial charge in [0.1, 0.15) is 12.4 Å². The Morgan fingerprint density at radius 2 is 1.84 bits per heavy atom. The van der Waals surface area contributed by atoms with Gasteiger partial charge in [-0.15, -0.1) is 0 Å². The van der Waals surface area contributed by atoms with Gasteiger partial charge in [0.2, 0.25) is 5.91 Å². The van der Waals surface area contributed by atoms with Gasteiger partial charge in [0.05, 0.1) is 12.6 Å². The number of nitrogens with zero attached hydrogens (tertiary/aromatic N) is 1. The number of nitrogens with one attached hydrogen (secondary N) is 1. The molecule has 0 radical (unpaired) electrons. The highest BCUT2D eigenvalue weighted by molar-refractivity contribution is 5.78. The van der Waals surface area contributed by atoms with E-state index < -0.39 is 0 Å². The lowest BCUT2D eigenvalue weighted by Crippen LogP contribution is -2.38. The smallest absolute Gasteiger partial charge is 0.234 e. The summed E-state index contributed by atoms with van der Waals surface area (Å²) in [5, 5.41) is 3.06. The lowest BCUT2D eigenvalue weighted by atomic mass is 10.0. The first-order chi connectivity index (χ1) is 12.0. The van der Waals surface area contributed by atoms with Crippen molar-refractivity contribution in [1.29, 1.82) is 0 Å². The van der Waals surface area contributed by atoms with Gasteiger partial charge in [-0.05, 0) is 56.6 Å². The van der Waals surface area contributed by atoms with Crippen LogP contribution in [0.5, 0.6) is 5.75 Å². The van der Waals surface area contributed by atoms with Crippen molar-refractivity contribution in [3.05, 3.63) is 65.2 Å². The van der Waals surface area contributed by atoms with Crippen LogP contribution >= 0.6 is 0 Å². The van der Waals surface area contributed by atoms with Crippen molar-refractivity contribution < 1.29 is 9.53 Å². The minimum Gasteiger partial charge on any atom is -0.492 e. The Bertz CT molecular complexity index is 686. The monoisotopic (exact) mass is 340 g/mol. The molecule has 0 spiro atoms. The second kappa shape index (κ2) is 9.23. The van der Waals surface area contributed by atoms with Crippen LogP contribution in [0.25, 0.3) is 0 Å². The van der Waals surface area contributed by atoms with Crippen molar-refractivity contribution in [1.82, 2.24) is 10.2 Å². The molecule has 4 heteroatoms. The van der Waals surface area contributed by atoms with E-state index in [-0.39, 0.29) is 11.9 Å². The highest BCUT2D eigenvalue weighted by Crippen LogP contribution is 2.16. The third-order valence-electron chi connectivity index (χ3n) is 4.31. The number of carbonyl (C=O) groups is 1. The molecule has 25 heavy (non-hydrogen) atoms. The summed E-state index contributed by atoms with van der Waals surface area (Å²) in [7, 11) is 1.93. The third kappa shape index (κ3) is 6.24. The highest BCUT2D eigenvalue weighted by atomic mass is 16.5. The maximum atomic E-state index is 12.2. The van der Waals surface area contributed by atoms with E-state index in [1.807, 2.05) is 49.2 Å². The molecule has 0 aromatic heterocycles. The average molecular weight is 340 g/mol. The summed E-state index contributed by atoms with van der Waals surface area (Å²) in [6.07, 6.45) is 0. The van der Waals surface area contributed by atoms with E-state index >= 15 is 0 Å². The van der Waals surface area contributed by atoms with Crippen LogP contribution in [0.4, 0.5) is 0 Å². The minimum atomic E-state index is 0.000712. The zero-order chi connectivity index (χ0) is 18.2. The van der Waals surface area contributed by atoms with Crippen LogP contribution < -0.4 is 10.1 Å². The van der Waals surface area contributed by atoms with Crippen molar-refractivity contribution in [2.75, 3.05) is 26.7 Å². The highest BCUT2D eigenvalue weighted by Gasteiger charge is 2.12. The number of benzene rings is 2. The van der Waals surface area contributed by atoms with Crippen LogP contribution in [-0.2, 0) is 4.79 Å². The molecule has 0 fully saturated rings. The van der Waals surface area contributed by atoms with Gasteiger partial charge in [-0.3, -0.25) is 9.69 Å². The number of amides is 1. The summed E-state index contributed by atoms with van der Waals surface area (Å²) in [5.74, 6) is 0.872. The number of likely N-dealkylation sites (N-methyl/N-ethyl adjacent to an activating group) is 1. The van der Waals surface area contributed by atoms with Crippen LogP contribution in [0.3, 0.4) is 0 Å². The number of ether oxygens (including phenoxy) is 1. The van der Waals surface area contributed by atoms with Crippen molar-refractivity contribution in [3.8, 4) is 5.75 Å². The Hall–Kier alpha value is -2.33. The van der Waals surface area contributed by atoms with Crippen LogP contribution in [0, 0.1) is 13.8 Å². The second-order valence-electron chi connectivity index (χ2n) is 6.53. The molecule has 2 rings (SSSR count). The van der Waals surface area contributed by atoms with Gasteiger partial charge in [0, 0.05) is 6.54 Å². The summed E-state index contributed by atoms with van der Waals surface area (Å²) in [5.41, 5.74) is 3.64. The predicted molar refractivity (Wildman–Crippen MR) is 102 cm³/mol. The Balaban J connectivity index is 1.74. The maximum Gasteiger partial charge on any atom is 0.234 e. The van der Waals surface area contributed by atoms with Gasteiger partial charge in [-0.25, -0.2) is 0 Å². The summed E-state index contributed by atoms with van der Waals surface area (Å²) >= 11 is 0. The zero-order valence-electron chi connectivity index (χ0n) is 15.6. The molecule has 0 saturated carbocycles. The minimum absolute atomic E-state index is 0.000712. The molecular weight excluding hydrogens is 312 g/mol. The number of hydrogen-bond donors (Lipinski definition) is 1. The number of rotatable bonds is 8. The second-order valence-corrected chi connectivity index (χ2v) is 6.53. The fourth-order valence-corrected chi connectivity index (χ4v) is 2.56. The largest absolute Gasteiger partial charge is 0.492 e. The van der Waals surface area contributed by atoms with Crippen molar-refractivity contribution >= 4 is 5.91 Å². The fraction of sp³-hybridized carbons (Fsp3) is 0.381. The van der Waals surface area contributed by atoms with Gasteiger partial charge in [-0.2, -0.15) is 0 Å². The van der Waals surface area contributed by atoms with Crippen molar-refractivity contribution in [3.63, 3.8) is 0 Å². The van der Waals surface area contributed by atoms with Crippen LogP contribution in [0.2, 0.25) is 0 Å². The van der Waals surface area contributed by atoms with Gasteiger partial charge in [-0.1, -0.05) is 36.4 Å². The molecular formula is C21H28N2O2. The van der Waals surface area contributed by atoms with E-state index in [2.05, 4.69) is 37.4 Å². The molecule has 0 aliphatic heterocycles. The molecule has 0 heterocycles. The standard InChI is InChI=1S/C21H28N2O2/c1-16-10-11-19(14-17(16)2)18(3)22-21(24)15-23(4)12-13-25-20-8-6-5-7-9-20/h5-11,14,18H,12-13,15H2,1-4H3,(H,22,24). The van der Waals surface area contributed by atoms with Gasteiger partial charge in [0.25, 0.3) is 0 Å². The number of aryl methyl sites for hydroxylation is 2. The lowest BCUT2D eigenvalue weighted by molar-refractivity contribution is -0.122. The van der Waals surface area contributed by atoms with Gasteiger partial charge in [0.15, 0.2) is 0 Å². The first-order valence-electron chi connectivity index (χ1n) is 8.68. The molecule has 0 aliphatic rings. The molecule has 0 bridgehead atoms. The van der Waals surface area contributed by atoms with Crippen LogP contribution in [-0.4, -0.2) is 37.6 Å². The van der Waals surface area contributed by atoms with E-state index in [9.17, 15) is 4.79 Å². The van der Waals surface area contributed by atoms with E-state index in [4.69, 9.17) is 4.74 Å². The first-order valence-corrected chi connectivity index (χ1v) is 8.68. The lowest BCUT2D eigenvalue weighted by Gasteiger charge is -2.20. The Kier molecular flexibility index (Phi) is 7.02. The topological polar surface area (TPSA) is 41.6 Å². The Morgan fingerprint density at radius 3 is 2.52 bits per heavy atom. The molecule has 134 valence electrons. The molecule has 1 amide bonds. The first kappa shape index (κ1) is 19.0. The molecule has 1 unspecified atom stereocenters. The number of carbonyl (C=O) groups excluding carboxylic acids is 1. The van der Waals surface area contributed by atoms with E-state index in [1.165, 1.54) is 11.1 Å². The fourth-order valence-electron chi connectivity index (χ4n) is 2.56. The van der Waals surface area contributed by atoms with Gasteiger partial charge >= 0.3 is 0 Å². The normalized spacial score (nSPS) is 12.0. The summed E-state index contributed by atoms with van der Waals surface area (Å²) < 4.78 is 5.66. The van der Waals surface area contributed by atoms with Crippen LogP contribution in [0.15, 0.2) is 48.5 Å². The molecule has 0 saturated heterocycles. The van der Waals surface area contributed by atoms with E-state index in [0.29, 0.717) is 19.7 Å².